The maximum Gasteiger partial charge on any atom is 0.278 e. The van der Waals surface area contributed by atoms with E-state index in [9.17, 15) is 4.79 Å². The number of carbonyl (C=O) groups excluding carboxylic acids is 1. The third-order valence-electron chi connectivity index (χ3n) is 5.64. The summed E-state index contributed by atoms with van der Waals surface area (Å²) in [7, 11) is 0. The number of H-pyrrole nitrogens is 1. The van der Waals surface area contributed by atoms with Crippen LogP contribution >= 0.6 is 12.4 Å². The molecular formula is C20H25ClN8O. The first kappa shape index (κ1) is 20.5. The van der Waals surface area contributed by atoms with E-state index in [-0.39, 0.29) is 18.3 Å². The maximum absolute atomic E-state index is 12.8. The Bertz CT molecular complexity index is 1040. The van der Waals surface area contributed by atoms with Crippen molar-refractivity contribution in [3.8, 4) is 11.4 Å². The average molecular weight is 429 g/mol. The predicted octanol–water partition coefficient (Wildman–Crippen LogP) is 2.85. The summed E-state index contributed by atoms with van der Waals surface area (Å²) >= 11 is 0. The second kappa shape index (κ2) is 8.53. The number of aromatic amines is 1. The first-order chi connectivity index (χ1) is 14.2. The SMILES string of the molecule is Cc1c(C(=O)Nc2cccc(-c3n[nH]c(C4CC4)n3)c2)nnn1C1CCNCC1.Cl. The normalized spacial score (nSPS) is 16.8. The van der Waals surface area contributed by atoms with Crippen molar-refractivity contribution >= 4 is 24.0 Å². The van der Waals surface area contributed by atoms with Crippen LogP contribution in [-0.2, 0) is 0 Å². The van der Waals surface area contributed by atoms with E-state index in [2.05, 4.69) is 36.1 Å². The van der Waals surface area contributed by atoms with Crippen molar-refractivity contribution in [2.75, 3.05) is 18.4 Å². The van der Waals surface area contributed by atoms with Gasteiger partial charge in [-0.15, -0.1) is 17.5 Å². The fourth-order valence-corrected chi connectivity index (χ4v) is 3.82. The van der Waals surface area contributed by atoms with Gasteiger partial charge in [-0.05, 0) is 57.8 Å². The third-order valence-corrected chi connectivity index (χ3v) is 5.64. The van der Waals surface area contributed by atoms with Gasteiger partial charge in [-0.25, -0.2) is 9.67 Å². The molecule has 3 N–H and O–H groups in total. The quantitative estimate of drug-likeness (QED) is 0.575. The highest BCUT2D eigenvalue weighted by Gasteiger charge is 2.27. The monoisotopic (exact) mass is 428 g/mol. The Morgan fingerprint density at radius 1 is 1.20 bits per heavy atom. The van der Waals surface area contributed by atoms with Gasteiger partial charge in [0.25, 0.3) is 5.91 Å². The van der Waals surface area contributed by atoms with E-state index in [0.717, 1.165) is 43.0 Å². The highest BCUT2D eigenvalue weighted by atomic mass is 35.5. The van der Waals surface area contributed by atoms with Gasteiger partial charge in [0.1, 0.15) is 5.82 Å². The molecule has 30 heavy (non-hydrogen) atoms. The van der Waals surface area contributed by atoms with Gasteiger partial charge in [-0.2, -0.15) is 5.10 Å². The molecule has 1 amide bonds. The summed E-state index contributed by atoms with van der Waals surface area (Å²) in [4.78, 5) is 17.4. The lowest BCUT2D eigenvalue weighted by molar-refractivity contribution is 0.102. The fourth-order valence-electron chi connectivity index (χ4n) is 3.82. The number of piperidine rings is 1. The molecule has 3 aromatic rings. The van der Waals surface area contributed by atoms with Crippen molar-refractivity contribution in [2.24, 2.45) is 0 Å². The highest BCUT2D eigenvalue weighted by molar-refractivity contribution is 6.03. The number of aromatic nitrogens is 6. The standard InChI is InChI=1S/C20H24N8O.ClH/c1-12-17(24-27-28(12)16-7-9-21-10-8-16)20(29)22-15-4-2-3-14(11-15)19-23-18(25-26-19)13-5-6-13;/h2-4,11,13,16,21H,5-10H2,1H3,(H,22,29)(H,23,25,26);1H. The van der Waals surface area contributed by atoms with Crippen LogP contribution in [0.3, 0.4) is 0 Å². The second-order valence-corrected chi connectivity index (χ2v) is 7.80. The molecule has 2 aromatic heterocycles. The number of benzene rings is 1. The van der Waals surface area contributed by atoms with E-state index in [1.54, 1.807) is 0 Å². The lowest BCUT2D eigenvalue weighted by Crippen LogP contribution is -2.30. The summed E-state index contributed by atoms with van der Waals surface area (Å²) in [6.45, 7) is 3.82. The number of carbonyl (C=O) groups is 1. The van der Waals surface area contributed by atoms with Gasteiger partial charge in [-0.3, -0.25) is 9.89 Å². The van der Waals surface area contributed by atoms with Crippen LogP contribution in [0.5, 0.6) is 0 Å². The summed E-state index contributed by atoms with van der Waals surface area (Å²) < 4.78 is 1.89. The summed E-state index contributed by atoms with van der Waals surface area (Å²) in [5.74, 6) is 1.86. The van der Waals surface area contributed by atoms with E-state index in [4.69, 9.17) is 0 Å². The van der Waals surface area contributed by atoms with Crippen molar-refractivity contribution in [3.63, 3.8) is 0 Å². The molecule has 0 radical (unpaired) electrons. The number of halogens is 1. The molecular weight excluding hydrogens is 404 g/mol. The molecule has 9 nitrogen and oxygen atoms in total. The number of amides is 1. The summed E-state index contributed by atoms with van der Waals surface area (Å²) in [6, 6.07) is 7.84. The Kier molecular flexibility index (Phi) is 5.83. The molecule has 158 valence electrons. The first-order valence-electron chi connectivity index (χ1n) is 10.2. The van der Waals surface area contributed by atoms with Crippen LogP contribution in [-0.4, -0.2) is 49.2 Å². The van der Waals surface area contributed by atoms with Crippen molar-refractivity contribution in [2.45, 2.75) is 44.6 Å². The average Bonchev–Trinajstić information content (AvgIpc) is 3.34. The molecule has 2 aliphatic rings. The second-order valence-electron chi connectivity index (χ2n) is 7.80. The Balaban J connectivity index is 0.00000218. The molecule has 1 aliphatic heterocycles. The van der Waals surface area contributed by atoms with Gasteiger partial charge < -0.3 is 10.6 Å². The predicted molar refractivity (Wildman–Crippen MR) is 115 cm³/mol. The number of rotatable bonds is 5. The fraction of sp³-hybridized carbons (Fsp3) is 0.450. The van der Waals surface area contributed by atoms with E-state index in [0.29, 0.717) is 29.2 Å². The lowest BCUT2D eigenvalue weighted by atomic mass is 10.1. The van der Waals surface area contributed by atoms with Gasteiger partial charge >= 0.3 is 0 Å². The molecule has 0 spiro atoms. The Hall–Kier alpha value is -2.78. The maximum atomic E-state index is 12.8. The number of nitrogens with one attached hydrogen (secondary N) is 3. The van der Waals surface area contributed by atoms with Crippen LogP contribution in [0, 0.1) is 6.92 Å². The van der Waals surface area contributed by atoms with Crippen molar-refractivity contribution in [3.05, 3.63) is 41.5 Å². The molecule has 3 heterocycles. The third kappa shape index (κ3) is 4.08. The van der Waals surface area contributed by atoms with Crippen molar-refractivity contribution in [1.29, 1.82) is 0 Å². The molecule has 1 saturated heterocycles. The Labute approximate surface area is 180 Å². The number of anilines is 1. The van der Waals surface area contributed by atoms with E-state index in [1.165, 1.54) is 12.8 Å². The first-order valence-corrected chi connectivity index (χ1v) is 10.2. The Morgan fingerprint density at radius 2 is 2.00 bits per heavy atom. The minimum absolute atomic E-state index is 0. The zero-order valence-corrected chi connectivity index (χ0v) is 17.6. The smallest absolute Gasteiger partial charge is 0.278 e. The molecule has 5 rings (SSSR count). The highest BCUT2D eigenvalue weighted by Crippen LogP contribution is 2.38. The summed E-state index contributed by atoms with van der Waals surface area (Å²) in [5.41, 5.74) is 2.71. The van der Waals surface area contributed by atoms with Gasteiger partial charge in [0.2, 0.25) is 0 Å². The van der Waals surface area contributed by atoms with Crippen LogP contribution in [0.4, 0.5) is 5.69 Å². The van der Waals surface area contributed by atoms with Crippen molar-refractivity contribution < 1.29 is 4.79 Å². The zero-order valence-electron chi connectivity index (χ0n) is 16.8. The topological polar surface area (TPSA) is 113 Å². The zero-order chi connectivity index (χ0) is 19.8. The molecule has 1 aliphatic carbocycles. The van der Waals surface area contributed by atoms with E-state index < -0.39 is 0 Å². The minimum atomic E-state index is -0.256. The van der Waals surface area contributed by atoms with Crippen LogP contribution in [0.1, 0.15) is 59.6 Å². The number of hydrogen-bond acceptors (Lipinski definition) is 6. The molecule has 0 unspecified atom stereocenters. The molecule has 0 atom stereocenters. The van der Waals surface area contributed by atoms with E-state index >= 15 is 0 Å². The van der Waals surface area contributed by atoms with Crippen LogP contribution < -0.4 is 10.6 Å². The Morgan fingerprint density at radius 3 is 2.77 bits per heavy atom. The number of hydrogen-bond donors (Lipinski definition) is 3. The van der Waals surface area contributed by atoms with Gasteiger partial charge in [0, 0.05) is 17.2 Å². The van der Waals surface area contributed by atoms with Gasteiger partial charge in [0.15, 0.2) is 11.5 Å². The van der Waals surface area contributed by atoms with Crippen LogP contribution in [0.2, 0.25) is 0 Å². The van der Waals surface area contributed by atoms with Crippen molar-refractivity contribution in [1.82, 2.24) is 35.5 Å². The van der Waals surface area contributed by atoms with Crippen LogP contribution in [0.15, 0.2) is 24.3 Å². The molecule has 10 heteroatoms. The lowest BCUT2D eigenvalue weighted by Gasteiger charge is -2.23. The molecule has 2 fully saturated rings. The molecule has 1 saturated carbocycles. The van der Waals surface area contributed by atoms with Crippen LogP contribution in [0.25, 0.3) is 11.4 Å². The largest absolute Gasteiger partial charge is 0.321 e. The number of nitrogens with zero attached hydrogens (tertiary/aromatic N) is 5. The van der Waals surface area contributed by atoms with E-state index in [1.807, 2.05) is 35.9 Å². The molecule has 0 bridgehead atoms. The summed E-state index contributed by atoms with van der Waals surface area (Å²) in [6.07, 6.45) is 4.32. The molecule has 1 aromatic carbocycles. The van der Waals surface area contributed by atoms with Gasteiger partial charge in [0.05, 0.1) is 11.7 Å². The van der Waals surface area contributed by atoms with Gasteiger partial charge in [-0.1, -0.05) is 17.3 Å². The summed E-state index contributed by atoms with van der Waals surface area (Å²) in [5, 5.41) is 22.0. The minimum Gasteiger partial charge on any atom is -0.321 e.